The summed E-state index contributed by atoms with van der Waals surface area (Å²) in [6.07, 6.45) is 0.803. The van der Waals surface area contributed by atoms with Crippen LogP contribution in [0.1, 0.15) is 18.9 Å². The maximum Gasteiger partial charge on any atom is 0.323 e. The Bertz CT molecular complexity index is 818. The van der Waals surface area contributed by atoms with Crippen LogP contribution in [0.5, 0.6) is 0 Å². The van der Waals surface area contributed by atoms with Crippen molar-refractivity contribution in [2.24, 2.45) is 0 Å². The number of nitrogens with zero attached hydrogens (tertiary/aromatic N) is 3. The topological polar surface area (TPSA) is 79.6 Å². The van der Waals surface area contributed by atoms with Crippen molar-refractivity contribution in [2.45, 2.75) is 38.6 Å². The molecule has 140 valence electrons. The highest BCUT2D eigenvalue weighted by Gasteiger charge is 2.37. The molecule has 0 aliphatic carbocycles. The molecular weight excluding hydrogens is 372 g/mol. The van der Waals surface area contributed by atoms with E-state index in [-0.39, 0.29) is 5.97 Å². The van der Waals surface area contributed by atoms with Crippen molar-refractivity contribution < 1.29 is 14.6 Å². The first kappa shape index (κ1) is 19.0. The van der Waals surface area contributed by atoms with Gasteiger partial charge in [-0.1, -0.05) is 30.4 Å². The van der Waals surface area contributed by atoms with Crippen LogP contribution in [0, 0.1) is 3.95 Å². The average Bonchev–Trinajstić information content (AvgIpc) is 3.17. The zero-order chi connectivity index (χ0) is 18.7. The number of likely N-dealkylation sites (tertiary alicyclic amines) is 1. The lowest BCUT2D eigenvalue weighted by Gasteiger charge is -2.21. The Morgan fingerprint density at radius 3 is 2.85 bits per heavy atom. The van der Waals surface area contributed by atoms with Gasteiger partial charge in [-0.3, -0.25) is 9.69 Å². The van der Waals surface area contributed by atoms with Gasteiger partial charge in [-0.05, 0) is 36.3 Å². The maximum atomic E-state index is 11.9. The lowest BCUT2D eigenvalue weighted by molar-refractivity contribution is -0.146. The highest BCUT2D eigenvalue weighted by Crippen LogP contribution is 2.24. The first-order valence-corrected chi connectivity index (χ1v) is 9.66. The van der Waals surface area contributed by atoms with E-state index in [4.69, 9.17) is 17.0 Å². The molecule has 2 heterocycles. The molecule has 1 aromatic heterocycles. The minimum atomic E-state index is -0.554. The molecule has 7 nitrogen and oxygen atoms in total. The second-order valence-electron chi connectivity index (χ2n) is 6.19. The number of nitrogens with one attached hydrogen (secondary N) is 1. The number of benzene rings is 1. The number of carbonyl (C=O) groups is 1. The average molecular weight is 395 g/mol. The number of aliphatic hydroxyl groups excluding tert-OH is 1. The van der Waals surface area contributed by atoms with E-state index >= 15 is 0 Å². The molecule has 9 heteroatoms. The van der Waals surface area contributed by atoms with Gasteiger partial charge in [0.1, 0.15) is 6.04 Å². The molecule has 0 spiro atoms. The summed E-state index contributed by atoms with van der Waals surface area (Å²) in [5, 5.41) is 18.3. The van der Waals surface area contributed by atoms with Crippen molar-refractivity contribution in [3.63, 3.8) is 0 Å². The number of aliphatic hydroxyl groups is 1. The highest BCUT2D eigenvalue weighted by atomic mass is 32.1. The molecule has 0 bridgehead atoms. The van der Waals surface area contributed by atoms with Crippen molar-refractivity contribution in [1.29, 1.82) is 0 Å². The number of ether oxygens (including phenoxy) is 1. The van der Waals surface area contributed by atoms with E-state index in [1.54, 1.807) is 4.68 Å². The molecule has 1 fully saturated rings. The fourth-order valence-corrected chi connectivity index (χ4v) is 4.00. The predicted octanol–water partition coefficient (Wildman–Crippen LogP) is 2.55. The Labute approximate surface area is 161 Å². The fraction of sp³-hybridized carbons (Fsp3) is 0.471. The molecular formula is C17H22N4O3S2. The molecule has 0 radical (unpaired) electrons. The number of β-amino-alcohol motifs (C(OH)–C–C–N with tert-alkyl or cyclic N) is 1. The summed E-state index contributed by atoms with van der Waals surface area (Å²) >= 11 is 6.77. The van der Waals surface area contributed by atoms with E-state index in [9.17, 15) is 9.90 Å². The molecule has 1 aliphatic heterocycles. The van der Waals surface area contributed by atoms with E-state index < -0.39 is 12.1 Å². The largest absolute Gasteiger partial charge is 0.468 e. The summed E-state index contributed by atoms with van der Waals surface area (Å²) in [6, 6.07) is 7.70. The quantitative estimate of drug-likeness (QED) is 0.576. The number of hydrogen-bond acceptors (Lipinski definition) is 8. The van der Waals surface area contributed by atoms with Crippen LogP contribution < -0.4 is 5.32 Å². The fourth-order valence-electron chi connectivity index (χ4n) is 2.98. The Kier molecular flexibility index (Phi) is 6.02. The van der Waals surface area contributed by atoms with Crippen molar-refractivity contribution in [2.75, 3.05) is 19.0 Å². The van der Waals surface area contributed by atoms with E-state index in [0.717, 1.165) is 12.1 Å². The summed E-state index contributed by atoms with van der Waals surface area (Å²) in [5.41, 5.74) is 2.22. The smallest absolute Gasteiger partial charge is 0.323 e. The Morgan fingerprint density at radius 2 is 2.19 bits per heavy atom. The van der Waals surface area contributed by atoms with Crippen LogP contribution in [0.2, 0.25) is 0 Å². The van der Waals surface area contributed by atoms with Gasteiger partial charge in [-0.2, -0.15) is 0 Å². The number of anilines is 2. The number of carbonyl (C=O) groups excluding carboxylic acids is 1. The van der Waals surface area contributed by atoms with Crippen LogP contribution in [0.3, 0.4) is 0 Å². The lowest BCUT2D eigenvalue weighted by Crippen LogP contribution is -2.38. The molecule has 1 aromatic carbocycles. The van der Waals surface area contributed by atoms with Crippen molar-refractivity contribution in [3.05, 3.63) is 33.8 Å². The number of rotatable bonds is 6. The van der Waals surface area contributed by atoms with Crippen molar-refractivity contribution in [1.82, 2.24) is 14.7 Å². The standard InChI is InChI=1S/C17H22N4O3S2/c1-3-11-4-6-12(7-5-11)18-16-19-21(17(25)26-16)10-20-9-13(22)8-14(20)15(23)24-2/h4-7,13-14,22H,3,8-10H2,1-2H3,(H,18,19)/t13-,14+/m1/s1. The minimum Gasteiger partial charge on any atom is -0.468 e. The number of esters is 1. The van der Waals surface area contributed by atoms with Gasteiger partial charge in [0, 0.05) is 18.7 Å². The maximum absolute atomic E-state index is 11.9. The Hall–Kier alpha value is -1.81. The monoisotopic (exact) mass is 394 g/mol. The lowest BCUT2D eigenvalue weighted by atomic mass is 10.1. The Balaban J connectivity index is 1.71. The van der Waals surface area contributed by atoms with Crippen LogP contribution in [0.15, 0.2) is 24.3 Å². The van der Waals surface area contributed by atoms with Gasteiger partial charge in [-0.15, -0.1) is 5.10 Å². The zero-order valence-corrected chi connectivity index (χ0v) is 16.3. The van der Waals surface area contributed by atoms with Crippen LogP contribution in [-0.2, 0) is 22.6 Å². The second kappa shape index (κ2) is 8.26. The second-order valence-corrected chi connectivity index (χ2v) is 7.81. The number of aromatic nitrogens is 2. The zero-order valence-electron chi connectivity index (χ0n) is 14.7. The SMILES string of the molecule is CCc1ccc(Nc2nn(CN3C[C@H](O)C[C@H]3C(=O)OC)c(=S)s2)cc1. The van der Waals surface area contributed by atoms with Crippen LogP contribution in [-0.4, -0.2) is 51.6 Å². The molecule has 1 aliphatic rings. The minimum absolute atomic E-state index is 0.336. The van der Waals surface area contributed by atoms with Gasteiger partial charge < -0.3 is 15.2 Å². The highest BCUT2D eigenvalue weighted by molar-refractivity contribution is 7.73. The molecule has 3 rings (SSSR count). The number of aryl methyl sites for hydroxylation is 1. The van der Waals surface area contributed by atoms with Crippen molar-refractivity contribution >= 4 is 40.3 Å². The van der Waals surface area contributed by atoms with E-state index in [1.165, 1.54) is 24.0 Å². The number of hydrogen-bond donors (Lipinski definition) is 2. The molecule has 0 unspecified atom stereocenters. The summed E-state index contributed by atoms with van der Waals surface area (Å²) in [5.74, 6) is -0.349. The molecule has 2 atom stereocenters. The number of methoxy groups -OCH3 is 1. The van der Waals surface area contributed by atoms with Crippen LogP contribution in [0.4, 0.5) is 10.8 Å². The third-order valence-electron chi connectivity index (χ3n) is 4.39. The first-order chi connectivity index (χ1) is 12.5. The van der Waals surface area contributed by atoms with Gasteiger partial charge >= 0.3 is 5.97 Å². The van der Waals surface area contributed by atoms with Crippen molar-refractivity contribution in [3.8, 4) is 0 Å². The van der Waals surface area contributed by atoms with Crippen LogP contribution in [0.25, 0.3) is 0 Å². The Morgan fingerprint density at radius 1 is 1.46 bits per heavy atom. The van der Waals surface area contributed by atoms with E-state index in [2.05, 4.69) is 29.5 Å². The van der Waals surface area contributed by atoms with Gasteiger partial charge in [0.2, 0.25) is 5.13 Å². The predicted molar refractivity (Wildman–Crippen MR) is 103 cm³/mol. The summed E-state index contributed by atoms with van der Waals surface area (Å²) in [4.78, 5) is 13.7. The molecule has 2 aromatic rings. The van der Waals surface area contributed by atoms with E-state index in [0.29, 0.717) is 28.7 Å². The molecule has 2 N–H and O–H groups in total. The molecule has 0 saturated carbocycles. The molecule has 1 saturated heterocycles. The van der Waals surface area contributed by atoms with Gasteiger partial charge in [0.05, 0.1) is 19.9 Å². The normalized spacial score (nSPS) is 20.3. The van der Waals surface area contributed by atoms with Gasteiger partial charge in [0.25, 0.3) is 0 Å². The van der Waals surface area contributed by atoms with E-state index in [1.807, 2.05) is 17.0 Å². The van der Waals surface area contributed by atoms with Crippen LogP contribution >= 0.6 is 23.6 Å². The molecule has 26 heavy (non-hydrogen) atoms. The van der Waals surface area contributed by atoms with Gasteiger partial charge in [-0.25, -0.2) is 4.68 Å². The third-order valence-corrected chi connectivity index (χ3v) is 5.61. The molecule has 0 amide bonds. The van der Waals surface area contributed by atoms with Gasteiger partial charge in [0.15, 0.2) is 3.95 Å². The summed E-state index contributed by atoms with van der Waals surface area (Å²) < 4.78 is 7.09. The summed E-state index contributed by atoms with van der Waals surface area (Å²) in [7, 11) is 1.35. The first-order valence-electron chi connectivity index (χ1n) is 8.44. The summed E-state index contributed by atoms with van der Waals surface area (Å²) in [6.45, 7) is 2.84. The third kappa shape index (κ3) is 4.29.